The quantitative estimate of drug-likeness (QED) is 0.827. The number of carbonyl (C=O) groups is 1. The van der Waals surface area contributed by atoms with Crippen molar-refractivity contribution in [3.63, 3.8) is 0 Å². The van der Waals surface area contributed by atoms with Crippen molar-refractivity contribution in [1.82, 2.24) is 4.90 Å². The van der Waals surface area contributed by atoms with Gasteiger partial charge in [0.15, 0.2) is 15.9 Å². The molecule has 0 spiro atoms. The Morgan fingerprint density at radius 2 is 2.23 bits per heavy atom. The summed E-state index contributed by atoms with van der Waals surface area (Å²) in [5, 5.41) is -0.836. The Hall–Kier alpha value is -1.28. The van der Waals surface area contributed by atoms with E-state index in [0.29, 0.717) is 18.1 Å². The molecule has 0 aromatic heterocycles. The lowest BCUT2D eigenvalue weighted by Gasteiger charge is -2.35. The van der Waals surface area contributed by atoms with Gasteiger partial charge in [-0.15, -0.1) is 0 Å². The van der Waals surface area contributed by atoms with E-state index in [1.54, 1.807) is 6.07 Å². The molecule has 1 aromatic rings. The van der Waals surface area contributed by atoms with E-state index in [4.69, 9.17) is 4.74 Å². The smallest absolute Gasteiger partial charge is 0.264 e. The van der Waals surface area contributed by atoms with Crippen LogP contribution in [0.3, 0.4) is 0 Å². The fraction of sp³-hybridized carbons (Fsp3) is 0.500. The standard InChI is InChI=1S/C14H18FNO4S2/c1-10(20-12-5-3-4-11(15)8-12)14(17)16-6-7-21-9-13(16)22(2,18)19/h3-5,8,10,13H,6-7,9H2,1-2H3/t10-,13-/m1/s1. The molecule has 122 valence electrons. The van der Waals surface area contributed by atoms with Crippen molar-refractivity contribution >= 4 is 27.5 Å². The normalized spacial score (nSPS) is 20.5. The predicted molar refractivity (Wildman–Crippen MR) is 84.2 cm³/mol. The molecule has 1 fully saturated rings. The molecular weight excluding hydrogens is 329 g/mol. The van der Waals surface area contributed by atoms with Gasteiger partial charge in [-0.05, 0) is 19.1 Å². The van der Waals surface area contributed by atoms with E-state index >= 15 is 0 Å². The van der Waals surface area contributed by atoms with E-state index in [1.807, 2.05) is 0 Å². The zero-order chi connectivity index (χ0) is 16.3. The van der Waals surface area contributed by atoms with Crippen molar-refractivity contribution in [2.24, 2.45) is 0 Å². The highest BCUT2D eigenvalue weighted by molar-refractivity contribution is 8.00. The maximum absolute atomic E-state index is 13.1. The number of carbonyl (C=O) groups excluding carboxylic acids is 1. The van der Waals surface area contributed by atoms with E-state index in [0.717, 1.165) is 6.26 Å². The van der Waals surface area contributed by atoms with Gasteiger partial charge in [0.25, 0.3) is 5.91 Å². The number of sulfone groups is 1. The summed E-state index contributed by atoms with van der Waals surface area (Å²) in [6, 6.07) is 5.50. The molecule has 0 bridgehead atoms. The van der Waals surface area contributed by atoms with Crippen molar-refractivity contribution in [2.75, 3.05) is 24.3 Å². The van der Waals surface area contributed by atoms with E-state index < -0.39 is 33.0 Å². The minimum absolute atomic E-state index is 0.239. The maximum Gasteiger partial charge on any atom is 0.264 e. The first-order valence-electron chi connectivity index (χ1n) is 6.78. The van der Waals surface area contributed by atoms with E-state index in [2.05, 4.69) is 0 Å². The van der Waals surface area contributed by atoms with Crippen LogP contribution in [0.2, 0.25) is 0 Å². The second-order valence-corrected chi connectivity index (χ2v) is 8.46. The summed E-state index contributed by atoms with van der Waals surface area (Å²) in [4.78, 5) is 13.8. The zero-order valence-electron chi connectivity index (χ0n) is 12.4. The van der Waals surface area contributed by atoms with Crippen LogP contribution in [-0.2, 0) is 14.6 Å². The number of ether oxygens (including phenoxy) is 1. The summed E-state index contributed by atoms with van der Waals surface area (Å²) >= 11 is 1.51. The SMILES string of the molecule is C[C@@H](Oc1cccc(F)c1)C(=O)N1CCSC[C@H]1S(C)(=O)=O. The van der Waals surface area contributed by atoms with Gasteiger partial charge in [-0.1, -0.05) is 6.07 Å². The second kappa shape index (κ2) is 6.87. The average molecular weight is 347 g/mol. The van der Waals surface area contributed by atoms with E-state index in [-0.39, 0.29) is 5.75 Å². The van der Waals surface area contributed by atoms with Crippen LogP contribution in [0.4, 0.5) is 4.39 Å². The molecule has 1 aliphatic heterocycles. The molecule has 0 saturated carbocycles. The van der Waals surface area contributed by atoms with Crippen molar-refractivity contribution in [2.45, 2.75) is 18.4 Å². The summed E-state index contributed by atoms with van der Waals surface area (Å²) < 4.78 is 42.2. The summed E-state index contributed by atoms with van der Waals surface area (Å²) in [5.74, 6) is 0.422. The van der Waals surface area contributed by atoms with Gasteiger partial charge < -0.3 is 9.64 Å². The number of rotatable bonds is 4. The molecule has 0 radical (unpaired) electrons. The Morgan fingerprint density at radius 3 is 2.86 bits per heavy atom. The van der Waals surface area contributed by atoms with Crippen LogP contribution in [0.15, 0.2) is 24.3 Å². The van der Waals surface area contributed by atoms with Crippen LogP contribution in [0.25, 0.3) is 0 Å². The van der Waals surface area contributed by atoms with Gasteiger partial charge in [-0.3, -0.25) is 4.79 Å². The monoisotopic (exact) mass is 347 g/mol. The number of hydrogen-bond donors (Lipinski definition) is 0. The van der Waals surface area contributed by atoms with Gasteiger partial charge in [0, 0.05) is 30.4 Å². The third-order valence-electron chi connectivity index (χ3n) is 3.32. The van der Waals surface area contributed by atoms with Crippen molar-refractivity contribution in [1.29, 1.82) is 0 Å². The van der Waals surface area contributed by atoms with Crippen LogP contribution in [0, 0.1) is 5.82 Å². The number of thioether (sulfide) groups is 1. The molecule has 2 atom stereocenters. The Bertz CT molecular complexity index is 650. The Balaban J connectivity index is 2.11. The second-order valence-electron chi connectivity index (χ2n) is 5.11. The number of halogens is 1. The number of amides is 1. The summed E-state index contributed by atoms with van der Waals surface area (Å²) in [6.45, 7) is 1.90. The predicted octanol–water partition coefficient (Wildman–Crippen LogP) is 1.54. The highest BCUT2D eigenvalue weighted by atomic mass is 32.2. The van der Waals surface area contributed by atoms with Crippen LogP contribution in [0.5, 0.6) is 5.75 Å². The van der Waals surface area contributed by atoms with Gasteiger partial charge in [0.2, 0.25) is 0 Å². The molecule has 1 amide bonds. The lowest BCUT2D eigenvalue weighted by Crippen LogP contribution is -2.53. The molecule has 1 saturated heterocycles. The van der Waals surface area contributed by atoms with Crippen LogP contribution in [0.1, 0.15) is 6.92 Å². The fourth-order valence-electron chi connectivity index (χ4n) is 2.22. The first-order chi connectivity index (χ1) is 10.3. The molecule has 1 aromatic carbocycles. The van der Waals surface area contributed by atoms with Crippen LogP contribution < -0.4 is 4.74 Å². The Labute approximate surface area is 133 Å². The van der Waals surface area contributed by atoms with E-state index in [9.17, 15) is 17.6 Å². The van der Waals surface area contributed by atoms with Gasteiger partial charge in [-0.2, -0.15) is 11.8 Å². The molecule has 22 heavy (non-hydrogen) atoms. The zero-order valence-corrected chi connectivity index (χ0v) is 14.0. The van der Waals surface area contributed by atoms with Gasteiger partial charge in [-0.25, -0.2) is 12.8 Å². The largest absolute Gasteiger partial charge is 0.481 e. The first kappa shape index (κ1) is 17.1. The molecule has 5 nitrogen and oxygen atoms in total. The molecule has 1 aliphatic rings. The fourth-order valence-corrected chi connectivity index (χ4v) is 5.04. The summed E-state index contributed by atoms with van der Waals surface area (Å²) in [5.41, 5.74) is 0. The van der Waals surface area contributed by atoms with Gasteiger partial charge in [0.05, 0.1) is 0 Å². The molecular formula is C14H18FNO4S2. The lowest BCUT2D eigenvalue weighted by atomic mass is 10.3. The van der Waals surface area contributed by atoms with Crippen molar-refractivity contribution in [3.05, 3.63) is 30.1 Å². The van der Waals surface area contributed by atoms with Crippen molar-refractivity contribution < 1.29 is 22.3 Å². The Kier molecular flexibility index (Phi) is 5.33. The highest BCUT2D eigenvalue weighted by Crippen LogP contribution is 2.22. The summed E-state index contributed by atoms with van der Waals surface area (Å²) in [7, 11) is -3.36. The molecule has 0 N–H and O–H groups in total. The van der Waals surface area contributed by atoms with Crippen molar-refractivity contribution in [3.8, 4) is 5.75 Å². The first-order valence-corrected chi connectivity index (χ1v) is 9.89. The van der Waals surface area contributed by atoms with Gasteiger partial charge >= 0.3 is 0 Å². The van der Waals surface area contributed by atoms with Crippen LogP contribution in [-0.4, -0.2) is 55.0 Å². The summed E-state index contributed by atoms with van der Waals surface area (Å²) in [6.07, 6.45) is 0.246. The van der Waals surface area contributed by atoms with Crippen LogP contribution >= 0.6 is 11.8 Å². The molecule has 1 heterocycles. The number of hydrogen-bond acceptors (Lipinski definition) is 5. The topological polar surface area (TPSA) is 63.7 Å². The third-order valence-corrected chi connectivity index (χ3v) is 5.96. The lowest BCUT2D eigenvalue weighted by molar-refractivity contribution is -0.138. The Morgan fingerprint density at radius 1 is 1.50 bits per heavy atom. The minimum atomic E-state index is -3.36. The molecule has 2 rings (SSSR count). The molecule has 8 heteroatoms. The third kappa shape index (κ3) is 4.13. The van der Waals surface area contributed by atoms with Gasteiger partial charge in [0.1, 0.15) is 16.9 Å². The number of benzene rings is 1. The number of nitrogens with zero attached hydrogens (tertiary/aromatic N) is 1. The highest BCUT2D eigenvalue weighted by Gasteiger charge is 2.36. The minimum Gasteiger partial charge on any atom is -0.481 e. The van der Waals surface area contributed by atoms with E-state index in [1.165, 1.54) is 41.8 Å². The molecule has 0 unspecified atom stereocenters. The maximum atomic E-state index is 13.1. The molecule has 0 aliphatic carbocycles. The average Bonchev–Trinajstić information content (AvgIpc) is 2.45.